The zero-order chi connectivity index (χ0) is 25.5. The number of carbonyl (C=O) groups is 1. The van der Waals surface area contributed by atoms with Gasteiger partial charge in [-0.15, -0.1) is 13.2 Å². The Kier molecular flexibility index (Phi) is 8.57. The first-order chi connectivity index (χ1) is 17.6. The number of allylic oxidation sites excluding steroid dienone is 7. The summed E-state index contributed by atoms with van der Waals surface area (Å²) in [6.45, 7) is 14.1. The van der Waals surface area contributed by atoms with Gasteiger partial charge < -0.3 is 9.80 Å². The lowest BCUT2D eigenvalue weighted by atomic mass is 10.0. The highest BCUT2D eigenvalue weighted by atomic mass is 31.1. The van der Waals surface area contributed by atoms with Gasteiger partial charge in [0, 0.05) is 46.8 Å². The Morgan fingerprint density at radius 3 is 2.22 bits per heavy atom. The number of rotatable bonds is 10. The Bertz CT molecular complexity index is 1160. The third kappa shape index (κ3) is 5.37. The van der Waals surface area contributed by atoms with Gasteiger partial charge in [-0.1, -0.05) is 67.6 Å². The van der Waals surface area contributed by atoms with E-state index in [1.54, 1.807) is 12.2 Å². The highest BCUT2D eigenvalue weighted by Gasteiger charge is 2.30. The predicted molar refractivity (Wildman–Crippen MR) is 158 cm³/mol. The zero-order valence-electron chi connectivity index (χ0n) is 21.3. The van der Waals surface area contributed by atoms with Crippen LogP contribution < -0.4 is 15.1 Å². The standard InChI is InChI=1S/C32H35N2OP/c1-5-7-23-33-28(25(3)27-17-9-10-18-29(27)33)20-13-15-26(35)16-14-22-32-34(24-8-6-2)30-19-11-12-21-31(30)36(32)4/h5-6,9-22,25H,1-2,7-8,23-24H2,3-4H3/b15-13+,16-14+,28-20+,32-22-. The van der Waals surface area contributed by atoms with Crippen LogP contribution in [0.2, 0.25) is 0 Å². The molecule has 2 unspecified atom stereocenters. The van der Waals surface area contributed by atoms with E-state index in [0.717, 1.165) is 25.9 Å². The van der Waals surface area contributed by atoms with Crippen LogP contribution in [0.3, 0.4) is 0 Å². The first-order valence-electron chi connectivity index (χ1n) is 12.6. The smallest absolute Gasteiger partial charge is 0.178 e. The third-order valence-corrected chi connectivity index (χ3v) is 8.93. The molecule has 0 bridgehead atoms. The van der Waals surface area contributed by atoms with E-state index in [0.29, 0.717) is 5.92 Å². The number of hydrogen-bond acceptors (Lipinski definition) is 3. The van der Waals surface area contributed by atoms with Gasteiger partial charge in [0.2, 0.25) is 0 Å². The first kappa shape index (κ1) is 25.7. The summed E-state index contributed by atoms with van der Waals surface area (Å²) < 4.78 is 0. The summed E-state index contributed by atoms with van der Waals surface area (Å²) in [7, 11) is -0.436. The van der Waals surface area contributed by atoms with Gasteiger partial charge in [0.1, 0.15) is 0 Å². The van der Waals surface area contributed by atoms with Gasteiger partial charge >= 0.3 is 0 Å². The van der Waals surface area contributed by atoms with Crippen molar-refractivity contribution in [2.45, 2.75) is 25.7 Å². The quantitative estimate of drug-likeness (QED) is 0.195. The summed E-state index contributed by atoms with van der Waals surface area (Å²) in [5.74, 6) is 0.276. The summed E-state index contributed by atoms with van der Waals surface area (Å²) in [6, 6.07) is 17.1. The second-order valence-electron chi connectivity index (χ2n) is 9.02. The Hall–Kier alpha value is -3.42. The first-order valence-corrected chi connectivity index (χ1v) is 14.3. The number of benzene rings is 2. The Morgan fingerprint density at radius 1 is 0.889 bits per heavy atom. The zero-order valence-corrected chi connectivity index (χ0v) is 22.2. The molecule has 2 atom stereocenters. The molecule has 2 aliphatic heterocycles. The number of carbonyl (C=O) groups excluding carboxylic acids is 1. The lowest BCUT2D eigenvalue weighted by molar-refractivity contribution is -0.110. The van der Waals surface area contributed by atoms with Gasteiger partial charge in [0.15, 0.2) is 5.78 Å². The van der Waals surface area contributed by atoms with Gasteiger partial charge in [-0.05, 0) is 69.4 Å². The fourth-order valence-corrected chi connectivity index (χ4v) is 6.90. The number of ketones is 1. The molecule has 0 saturated carbocycles. The minimum atomic E-state index is -0.436. The van der Waals surface area contributed by atoms with Crippen LogP contribution in [0, 0.1) is 0 Å². The molecule has 36 heavy (non-hydrogen) atoms. The van der Waals surface area contributed by atoms with Gasteiger partial charge in [-0.3, -0.25) is 4.79 Å². The molecule has 3 nitrogen and oxygen atoms in total. The summed E-state index contributed by atoms with van der Waals surface area (Å²) >= 11 is 0. The molecule has 2 heterocycles. The SMILES string of the molecule is C=CCCN1/C(=C/C=C/C(=O)/C=C/C=C2\C(C)c3ccccc3N2CCC=C)P(C)c2ccccc21. The maximum Gasteiger partial charge on any atom is 0.178 e. The Morgan fingerprint density at radius 2 is 1.50 bits per heavy atom. The molecule has 4 heteroatoms. The topological polar surface area (TPSA) is 23.6 Å². The van der Waals surface area contributed by atoms with Crippen molar-refractivity contribution in [1.82, 2.24) is 0 Å². The maximum absolute atomic E-state index is 12.6. The molecular weight excluding hydrogens is 459 g/mol. The summed E-state index contributed by atoms with van der Waals surface area (Å²) in [6.07, 6.45) is 17.0. The van der Waals surface area contributed by atoms with E-state index in [1.807, 2.05) is 24.3 Å². The molecule has 0 saturated heterocycles. The van der Waals surface area contributed by atoms with Crippen molar-refractivity contribution in [3.05, 3.63) is 127 Å². The Labute approximate surface area is 217 Å². The Balaban J connectivity index is 1.47. The predicted octanol–water partition coefficient (Wildman–Crippen LogP) is 7.43. The molecule has 184 valence electrons. The van der Waals surface area contributed by atoms with E-state index >= 15 is 0 Å². The van der Waals surface area contributed by atoms with Crippen molar-refractivity contribution in [2.24, 2.45) is 0 Å². The highest BCUT2D eigenvalue weighted by Crippen LogP contribution is 2.51. The van der Waals surface area contributed by atoms with Crippen LogP contribution in [-0.2, 0) is 4.79 Å². The average molecular weight is 495 g/mol. The van der Waals surface area contributed by atoms with Crippen LogP contribution in [0.5, 0.6) is 0 Å². The van der Waals surface area contributed by atoms with Gasteiger partial charge in [0.05, 0.1) is 0 Å². The van der Waals surface area contributed by atoms with Crippen molar-refractivity contribution in [2.75, 3.05) is 29.6 Å². The molecule has 0 aliphatic carbocycles. The number of hydrogen-bond donors (Lipinski definition) is 0. The maximum atomic E-state index is 12.6. The van der Waals surface area contributed by atoms with Gasteiger partial charge in [-0.25, -0.2) is 0 Å². The largest absolute Gasteiger partial charge is 0.344 e. The van der Waals surface area contributed by atoms with Crippen molar-refractivity contribution >= 4 is 30.4 Å². The van der Waals surface area contributed by atoms with E-state index < -0.39 is 7.92 Å². The molecule has 0 amide bonds. The van der Waals surface area contributed by atoms with Crippen molar-refractivity contribution in [1.29, 1.82) is 0 Å². The van der Waals surface area contributed by atoms with Gasteiger partial charge in [-0.2, -0.15) is 0 Å². The minimum Gasteiger partial charge on any atom is -0.344 e. The van der Waals surface area contributed by atoms with Crippen LogP contribution in [0.4, 0.5) is 11.4 Å². The molecule has 0 spiro atoms. The number of fused-ring (bicyclic) bond motifs is 2. The molecule has 4 rings (SSSR count). The van der Waals surface area contributed by atoms with Crippen molar-refractivity contribution in [3.8, 4) is 0 Å². The van der Waals surface area contributed by atoms with Crippen LogP contribution in [-0.4, -0.2) is 25.5 Å². The molecule has 0 aromatic heterocycles. The summed E-state index contributed by atoms with van der Waals surface area (Å²) in [4.78, 5) is 17.3. The number of anilines is 2. The molecule has 2 aliphatic rings. The minimum absolute atomic E-state index is 0.0157. The lowest BCUT2D eigenvalue weighted by Crippen LogP contribution is -2.20. The molecule has 0 fully saturated rings. The molecule has 0 N–H and O–H groups in total. The molecule has 2 aromatic rings. The lowest BCUT2D eigenvalue weighted by Gasteiger charge is -2.21. The number of para-hydroxylation sites is 2. The van der Waals surface area contributed by atoms with E-state index in [-0.39, 0.29) is 5.78 Å². The second kappa shape index (κ2) is 12.0. The second-order valence-corrected chi connectivity index (χ2v) is 11.1. The van der Waals surface area contributed by atoms with Crippen molar-refractivity contribution < 1.29 is 4.79 Å². The monoisotopic (exact) mass is 494 g/mol. The summed E-state index contributed by atoms with van der Waals surface area (Å²) in [5, 5.41) is 1.39. The summed E-state index contributed by atoms with van der Waals surface area (Å²) in [5.41, 5.74) is 6.34. The van der Waals surface area contributed by atoms with Crippen LogP contribution >= 0.6 is 7.92 Å². The fraction of sp³-hybridized carbons (Fsp3) is 0.219. The van der Waals surface area contributed by atoms with Crippen LogP contribution in [0.15, 0.2) is 121 Å². The van der Waals surface area contributed by atoms with E-state index in [9.17, 15) is 4.79 Å². The van der Waals surface area contributed by atoms with Crippen LogP contribution in [0.25, 0.3) is 0 Å². The molecule has 2 aromatic carbocycles. The fourth-order valence-electron chi connectivity index (χ4n) is 4.92. The van der Waals surface area contributed by atoms with E-state index in [4.69, 9.17) is 0 Å². The van der Waals surface area contributed by atoms with E-state index in [1.165, 1.54) is 33.4 Å². The third-order valence-electron chi connectivity index (χ3n) is 6.75. The van der Waals surface area contributed by atoms with E-state index in [2.05, 4.69) is 97.2 Å². The molecule has 0 radical (unpaired) electrons. The number of nitrogens with zero attached hydrogens (tertiary/aromatic N) is 2. The normalized spacial score (nSPS) is 21.1. The van der Waals surface area contributed by atoms with Crippen LogP contribution in [0.1, 0.15) is 31.2 Å². The average Bonchev–Trinajstić information content (AvgIpc) is 3.32. The highest BCUT2D eigenvalue weighted by molar-refractivity contribution is 7.70. The molecular formula is C32H35N2OP. The van der Waals surface area contributed by atoms with Gasteiger partial charge in [0.25, 0.3) is 0 Å². The van der Waals surface area contributed by atoms with Crippen molar-refractivity contribution in [3.63, 3.8) is 0 Å².